The number of aliphatic carboxylic acids is 1. The number of carbonyl (C=O) groups excluding carboxylic acids is 1. The molecule has 0 radical (unpaired) electrons. The van der Waals surface area contributed by atoms with E-state index in [1.165, 1.54) is 0 Å². The van der Waals surface area contributed by atoms with Gasteiger partial charge >= 0.3 is 5.97 Å². The molecule has 5 nitrogen and oxygen atoms in total. The summed E-state index contributed by atoms with van der Waals surface area (Å²) >= 11 is 0. The summed E-state index contributed by atoms with van der Waals surface area (Å²) in [7, 11) is 0. The average Bonchev–Trinajstić information content (AvgIpc) is 3.21. The van der Waals surface area contributed by atoms with Crippen LogP contribution in [0.5, 0.6) is 0 Å². The Balaban J connectivity index is 1.62. The summed E-state index contributed by atoms with van der Waals surface area (Å²) in [5.74, 6) is -1.43. The molecule has 102 valence electrons. The van der Waals surface area contributed by atoms with Crippen LogP contribution < -0.4 is 5.32 Å². The lowest BCUT2D eigenvalue weighted by Crippen LogP contribution is -2.38. The zero-order valence-electron chi connectivity index (χ0n) is 10.6. The van der Waals surface area contributed by atoms with Crippen molar-refractivity contribution in [3.8, 4) is 0 Å². The van der Waals surface area contributed by atoms with E-state index >= 15 is 0 Å². The van der Waals surface area contributed by atoms with E-state index in [1.807, 2.05) is 30.3 Å². The van der Waals surface area contributed by atoms with Crippen molar-refractivity contribution in [3.05, 3.63) is 35.9 Å². The van der Waals surface area contributed by atoms with Crippen LogP contribution in [-0.2, 0) is 20.9 Å². The van der Waals surface area contributed by atoms with Gasteiger partial charge in [0.2, 0.25) is 5.91 Å². The van der Waals surface area contributed by atoms with Gasteiger partial charge in [0.15, 0.2) is 0 Å². The van der Waals surface area contributed by atoms with E-state index in [0.717, 1.165) is 5.56 Å². The number of carboxylic acids is 1. The summed E-state index contributed by atoms with van der Waals surface area (Å²) in [6.45, 7) is 1.19. The van der Waals surface area contributed by atoms with Gasteiger partial charge in [-0.05, 0) is 18.4 Å². The number of ether oxygens (including phenoxy) is 1. The molecule has 1 aliphatic rings. The molecule has 0 atom stereocenters. The first kappa shape index (κ1) is 13.5. The van der Waals surface area contributed by atoms with Gasteiger partial charge in [-0.3, -0.25) is 9.59 Å². The molecular weight excluding hydrogens is 246 g/mol. The highest BCUT2D eigenvalue weighted by Crippen LogP contribution is 2.45. The first-order valence-electron chi connectivity index (χ1n) is 6.28. The van der Waals surface area contributed by atoms with Crippen molar-refractivity contribution in [2.24, 2.45) is 5.41 Å². The van der Waals surface area contributed by atoms with E-state index in [4.69, 9.17) is 9.84 Å². The van der Waals surface area contributed by atoms with Crippen LogP contribution in [0.25, 0.3) is 0 Å². The van der Waals surface area contributed by atoms with Gasteiger partial charge in [-0.1, -0.05) is 30.3 Å². The Hall–Kier alpha value is -1.88. The molecule has 19 heavy (non-hydrogen) atoms. The Labute approximate surface area is 111 Å². The number of hydrogen-bond donors (Lipinski definition) is 2. The molecular formula is C14H17NO4. The molecule has 1 fully saturated rings. The summed E-state index contributed by atoms with van der Waals surface area (Å²) in [6, 6.07) is 9.73. The lowest BCUT2D eigenvalue weighted by Gasteiger charge is -2.10. The van der Waals surface area contributed by atoms with Crippen molar-refractivity contribution in [1.29, 1.82) is 0 Å². The third-order valence-electron chi connectivity index (χ3n) is 3.24. The normalized spacial score (nSPS) is 15.8. The molecule has 0 unspecified atom stereocenters. The maximum Gasteiger partial charge on any atom is 0.319 e. The van der Waals surface area contributed by atoms with Crippen LogP contribution in [0.3, 0.4) is 0 Å². The fourth-order valence-electron chi connectivity index (χ4n) is 1.83. The minimum absolute atomic E-state index is 0.334. The van der Waals surface area contributed by atoms with E-state index < -0.39 is 17.3 Å². The van der Waals surface area contributed by atoms with E-state index in [-0.39, 0.29) is 0 Å². The van der Waals surface area contributed by atoms with Crippen LogP contribution in [0.15, 0.2) is 30.3 Å². The number of benzene rings is 1. The third-order valence-corrected chi connectivity index (χ3v) is 3.24. The molecule has 0 saturated heterocycles. The van der Waals surface area contributed by atoms with Gasteiger partial charge in [0, 0.05) is 6.54 Å². The Morgan fingerprint density at radius 2 is 1.95 bits per heavy atom. The van der Waals surface area contributed by atoms with Gasteiger partial charge < -0.3 is 15.2 Å². The minimum atomic E-state index is -1.17. The van der Waals surface area contributed by atoms with Crippen LogP contribution in [0.4, 0.5) is 0 Å². The smallest absolute Gasteiger partial charge is 0.319 e. The molecule has 2 N–H and O–H groups in total. The second-order valence-electron chi connectivity index (χ2n) is 4.68. The molecule has 5 heteroatoms. The topological polar surface area (TPSA) is 75.6 Å². The zero-order chi connectivity index (χ0) is 13.7. The summed E-state index contributed by atoms with van der Waals surface area (Å²) in [6.07, 6.45) is 0.859. The lowest BCUT2D eigenvalue weighted by molar-refractivity contribution is -0.149. The quantitative estimate of drug-likeness (QED) is 0.572. The van der Waals surface area contributed by atoms with Gasteiger partial charge in [0.1, 0.15) is 5.41 Å². The number of carboxylic acid groups (broad SMARTS) is 1. The Kier molecular flexibility index (Phi) is 4.16. The Morgan fingerprint density at radius 1 is 1.26 bits per heavy atom. The molecule has 0 aliphatic heterocycles. The van der Waals surface area contributed by atoms with Crippen LogP contribution in [0.2, 0.25) is 0 Å². The maximum absolute atomic E-state index is 11.7. The first-order chi connectivity index (χ1) is 9.15. The highest BCUT2D eigenvalue weighted by Gasteiger charge is 2.56. The van der Waals surface area contributed by atoms with Crippen molar-refractivity contribution >= 4 is 11.9 Å². The summed E-state index contributed by atoms with van der Waals surface area (Å²) < 4.78 is 5.40. The summed E-state index contributed by atoms with van der Waals surface area (Å²) in [5, 5.41) is 11.5. The molecule has 1 aromatic carbocycles. The number of amides is 1. The molecule has 1 aromatic rings. The number of nitrogens with one attached hydrogen (secondary N) is 1. The lowest BCUT2D eigenvalue weighted by atomic mass is 10.1. The van der Waals surface area contributed by atoms with Gasteiger partial charge in [-0.25, -0.2) is 0 Å². The highest BCUT2D eigenvalue weighted by atomic mass is 16.5. The Morgan fingerprint density at radius 3 is 2.53 bits per heavy atom. The predicted molar refractivity (Wildman–Crippen MR) is 68.4 cm³/mol. The first-order valence-corrected chi connectivity index (χ1v) is 6.28. The van der Waals surface area contributed by atoms with Gasteiger partial charge in [-0.15, -0.1) is 0 Å². The van der Waals surface area contributed by atoms with E-state index in [0.29, 0.717) is 32.6 Å². The van der Waals surface area contributed by atoms with Crippen molar-refractivity contribution in [2.45, 2.75) is 19.4 Å². The van der Waals surface area contributed by atoms with Gasteiger partial charge in [0.05, 0.1) is 13.2 Å². The number of hydrogen-bond acceptors (Lipinski definition) is 3. The molecule has 1 aliphatic carbocycles. The molecule has 0 spiro atoms. The molecule has 1 saturated carbocycles. The maximum atomic E-state index is 11.7. The van der Waals surface area contributed by atoms with Crippen molar-refractivity contribution in [3.63, 3.8) is 0 Å². The molecule has 2 rings (SSSR count). The molecule has 0 aromatic heterocycles. The van der Waals surface area contributed by atoms with Crippen LogP contribution in [0.1, 0.15) is 18.4 Å². The summed E-state index contributed by atoms with van der Waals surface area (Å²) in [4.78, 5) is 22.6. The average molecular weight is 263 g/mol. The molecule has 1 amide bonds. The van der Waals surface area contributed by atoms with E-state index in [1.54, 1.807) is 0 Å². The highest BCUT2D eigenvalue weighted by molar-refractivity contribution is 6.04. The van der Waals surface area contributed by atoms with Gasteiger partial charge in [0.25, 0.3) is 0 Å². The fraction of sp³-hybridized carbons (Fsp3) is 0.429. The summed E-state index contributed by atoms with van der Waals surface area (Å²) in [5.41, 5.74) is -0.0996. The fourth-order valence-corrected chi connectivity index (χ4v) is 1.83. The number of carbonyl (C=O) groups is 2. The second kappa shape index (κ2) is 5.84. The standard InChI is InChI=1S/C14H17NO4/c16-12(14(6-7-14)13(17)18)15-8-9-19-10-11-4-2-1-3-5-11/h1-5H,6-10H2,(H,15,16)(H,17,18). The van der Waals surface area contributed by atoms with Crippen molar-refractivity contribution in [1.82, 2.24) is 5.32 Å². The second-order valence-corrected chi connectivity index (χ2v) is 4.68. The van der Waals surface area contributed by atoms with Crippen molar-refractivity contribution < 1.29 is 19.4 Å². The number of rotatable bonds is 7. The molecule has 0 heterocycles. The predicted octanol–water partition coefficient (Wildman–Crippen LogP) is 1.18. The van der Waals surface area contributed by atoms with Crippen LogP contribution >= 0.6 is 0 Å². The van der Waals surface area contributed by atoms with Crippen LogP contribution in [0, 0.1) is 5.41 Å². The zero-order valence-corrected chi connectivity index (χ0v) is 10.6. The minimum Gasteiger partial charge on any atom is -0.480 e. The third kappa shape index (κ3) is 3.32. The van der Waals surface area contributed by atoms with E-state index in [2.05, 4.69) is 5.32 Å². The van der Waals surface area contributed by atoms with Crippen LogP contribution in [-0.4, -0.2) is 30.1 Å². The largest absolute Gasteiger partial charge is 0.480 e. The molecule has 0 bridgehead atoms. The van der Waals surface area contributed by atoms with Gasteiger partial charge in [-0.2, -0.15) is 0 Å². The Bertz CT molecular complexity index is 454. The van der Waals surface area contributed by atoms with Crippen molar-refractivity contribution in [2.75, 3.05) is 13.2 Å². The monoisotopic (exact) mass is 263 g/mol. The SMILES string of the molecule is O=C(O)C1(C(=O)NCCOCc2ccccc2)CC1. The van der Waals surface area contributed by atoms with E-state index in [9.17, 15) is 9.59 Å².